The standard InChI is InChI=1S/2C16H35N.H2O4S/c2*1-3-5-6-7-8-9-10-11-12-13-14-15-16-17-4-2;1-5(2,3)4/h2*17H,3-16H2,1-2H3;(H2,1,2,3,4). The van der Waals surface area contributed by atoms with E-state index in [0.717, 1.165) is 0 Å². The number of hydrogen-bond acceptors (Lipinski definition) is 4. The molecule has 0 radical (unpaired) electrons. The van der Waals surface area contributed by atoms with Gasteiger partial charge in [-0.1, -0.05) is 142 Å². The third-order valence-electron chi connectivity index (χ3n) is 7.10. The van der Waals surface area contributed by atoms with Gasteiger partial charge in [0.2, 0.25) is 0 Å². The van der Waals surface area contributed by atoms with Crippen molar-refractivity contribution in [2.24, 2.45) is 0 Å². The van der Waals surface area contributed by atoms with Gasteiger partial charge in [0.05, 0.1) is 26.2 Å². The van der Waals surface area contributed by atoms with Crippen LogP contribution in [-0.4, -0.2) is 43.7 Å². The van der Waals surface area contributed by atoms with Crippen LogP contribution in [0.2, 0.25) is 0 Å². The third kappa shape index (κ3) is 62.7. The SMILES string of the molecule is CCCCCCCCCCCCCC[NH2+]CC.CCCCCCCCCCCCCC[NH2+]CC.O=S(=O)([O-])[O-]. The molecule has 0 spiro atoms. The predicted octanol–water partition coefficient (Wildman–Crippen LogP) is 7.20. The second-order valence-corrected chi connectivity index (χ2v) is 12.0. The van der Waals surface area contributed by atoms with Gasteiger partial charge in [0.15, 0.2) is 0 Å². The lowest BCUT2D eigenvalue weighted by Crippen LogP contribution is -2.83. The van der Waals surface area contributed by atoms with Crippen LogP contribution < -0.4 is 10.6 Å². The van der Waals surface area contributed by atoms with Gasteiger partial charge in [0.25, 0.3) is 0 Å². The Morgan fingerprint density at radius 3 is 0.744 bits per heavy atom. The molecule has 7 heteroatoms. The van der Waals surface area contributed by atoms with Crippen molar-refractivity contribution in [1.82, 2.24) is 0 Å². The van der Waals surface area contributed by atoms with E-state index in [1.54, 1.807) is 0 Å². The minimum atomic E-state index is -5.17. The van der Waals surface area contributed by atoms with Crippen LogP contribution in [0.15, 0.2) is 0 Å². The van der Waals surface area contributed by atoms with E-state index in [2.05, 4.69) is 38.3 Å². The normalized spacial score (nSPS) is 11.0. The summed E-state index contributed by atoms with van der Waals surface area (Å²) >= 11 is 0. The summed E-state index contributed by atoms with van der Waals surface area (Å²) in [6.45, 7) is 14.2. The van der Waals surface area contributed by atoms with Crippen LogP contribution in [0.1, 0.15) is 182 Å². The molecule has 0 aromatic carbocycles. The molecule has 0 rings (SSSR count). The third-order valence-corrected chi connectivity index (χ3v) is 7.10. The zero-order valence-corrected chi connectivity index (χ0v) is 27.8. The average molecular weight is 581 g/mol. The van der Waals surface area contributed by atoms with Gasteiger partial charge in [0.1, 0.15) is 0 Å². The minimum Gasteiger partial charge on any atom is -0.759 e. The molecule has 0 fully saturated rings. The number of unbranched alkanes of at least 4 members (excludes halogenated alkanes) is 22. The first kappa shape index (κ1) is 43.2. The number of hydrogen-bond donors (Lipinski definition) is 2. The smallest absolute Gasteiger partial charge is 0.0755 e. The summed E-state index contributed by atoms with van der Waals surface area (Å²) in [6.07, 6.45) is 34.9. The second kappa shape index (κ2) is 39.9. The van der Waals surface area contributed by atoms with Gasteiger partial charge in [-0.2, -0.15) is 0 Å². The molecule has 39 heavy (non-hydrogen) atoms. The zero-order chi connectivity index (χ0) is 29.7. The van der Waals surface area contributed by atoms with Crippen molar-refractivity contribution in [2.75, 3.05) is 26.2 Å². The predicted molar refractivity (Wildman–Crippen MR) is 167 cm³/mol. The Morgan fingerprint density at radius 1 is 0.385 bits per heavy atom. The summed E-state index contributed by atoms with van der Waals surface area (Å²) < 4.78 is 34.1. The molecule has 0 aliphatic heterocycles. The van der Waals surface area contributed by atoms with Crippen LogP contribution in [0.3, 0.4) is 0 Å². The summed E-state index contributed by atoms with van der Waals surface area (Å²) in [4.78, 5) is 0. The molecule has 0 aliphatic rings. The van der Waals surface area contributed by atoms with Gasteiger partial charge in [-0.05, 0) is 39.5 Å². The fourth-order valence-corrected chi connectivity index (χ4v) is 4.67. The Kier molecular flexibility index (Phi) is 44.3. The molecule has 4 N–H and O–H groups in total. The Bertz CT molecular complexity index is 438. The van der Waals surface area contributed by atoms with Crippen LogP contribution in [-0.2, 0) is 10.4 Å². The van der Waals surface area contributed by atoms with E-state index < -0.39 is 10.4 Å². The van der Waals surface area contributed by atoms with Crippen LogP contribution in [0.5, 0.6) is 0 Å². The first-order chi connectivity index (χ1) is 18.8. The highest BCUT2D eigenvalue weighted by atomic mass is 32.3. The van der Waals surface area contributed by atoms with Crippen molar-refractivity contribution in [3.63, 3.8) is 0 Å². The lowest BCUT2D eigenvalue weighted by atomic mass is 10.1. The van der Waals surface area contributed by atoms with Crippen molar-refractivity contribution in [3.05, 3.63) is 0 Å². The zero-order valence-electron chi connectivity index (χ0n) is 27.0. The fraction of sp³-hybridized carbons (Fsp3) is 1.00. The quantitative estimate of drug-likeness (QED) is 0.0578. The largest absolute Gasteiger partial charge is 0.759 e. The lowest BCUT2D eigenvalue weighted by Gasteiger charge is -2.06. The van der Waals surface area contributed by atoms with Crippen molar-refractivity contribution in [3.8, 4) is 0 Å². The monoisotopic (exact) mass is 581 g/mol. The maximum absolute atomic E-state index is 8.52. The minimum absolute atomic E-state index is 1.25. The van der Waals surface area contributed by atoms with Crippen LogP contribution in [0, 0.1) is 0 Å². The Hall–Kier alpha value is -0.210. The highest BCUT2D eigenvalue weighted by molar-refractivity contribution is 7.79. The molecule has 240 valence electrons. The second-order valence-electron chi connectivity index (χ2n) is 11.2. The van der Waals surface area contributed by atoms with Crippen molar-refractivity contribution in [2.45, 2.75) is 182 Å². The molecular formula is C32H72N2O4S. The first-order valence-corrected chi connectivity index (χ1v) is 18.5. The number of nitrogens with two attached hydrogens (primary N) is 2. The molecule has 0 aromatic heterocycles. The summed E-state index contributed by atoms with van der Waals surface area (Å²) in [5.74, 6) is 0. The van der Waals surface area contributed by atoms with Crippen molar-refractivity contribution < 1.29 is 28.2 Å². The van der Waals surface area contributed by atoms with Gasteiger partial charge >= 0.3 is 0 Å². The molecule has 0 saturated heterocycles. The lowest BCUT2D eigenvalue weighted by molar-refractivity contribution is -0.652. The topological polar surface area (TPSA) is 113 Å². The van der Waals surface area contributed by atoms with Gasteiger partial charge in [-0.15, -0.1) is 0 Å². The Labute approximate surface area is 246 Å². The molecule has 0 unspecified atom stereocenters. The van der Waals surface area contributed by atoms with E-state index in [9.17, 15) is 0 Å². The van der Waals surface area contributed by atoms with Gasteiger partial charge in [-0.3, -0.25) is 8.42 Å². The molecular weight excluding hydrogens is 508 g/mol. The summed E-state index contributed by atoms with van der Waals surface area (Å²) in [5, 5.41) is 4.83. The number of rotatable bonds is 28. The number of quaternary nitrogens is 2. The van der Waals surface area contributed by atoms with E-state index in [0.29, 0.717) is 0 Å². The molecule has 6 nitrogen and oxygen atoms in total. The summed E-state index contributed by atoms with van der Waals surface area (Å²) in [7, 11) is -5.17. The van der Waals surface area contributed by atoms with Crippen molar-refractivity contribution >= 4 is 10.4 Å². The molecule has 0 atom stereocenters. The molecule has 0 aliphatic carbocycles. The fourth-order valence-electron chi connectivity index (χ4n) is 4.67. The van der Waals surface area contributed by atoms with Crippen molar-refractivity contribution in [1.29, 1.82) is 0 Å². The van der Waals surface area contributed by atoms with Crippen LogP contribution in [0.4, 0.5) is 0 Å². The van der Waals surface area contributed by atoms with Crippen LogP contribution >= 0.6 is 0 Å². The summed E-state index contributed by atoms with van der Waals surface area (Å²) in [5.41, 5.74) is 0. The van der Waals surface area contributed by atoms with E-state index in [1.165, 1.54) is 180 Å². The maximum Gasteiger partial charge on any atom is 0.0755 e. The van der Waals surface area contributed by atoms with E-state index in [1.807, 2.05) is 0 Å². The van der Waals surface area contributed by atoms with Gasteiger partial charge in [0, 0.05) is 10.4 Å². The average Bonchev–Trinajstić information content (AvgIpc) is 2.89. The summed E-state index contributed by atoms with van der Waals surface area (Å²) in [6, 6.07) is 0. The molecule has 0 amide bonds. The Morgan fingerprint density at radius 2 is 0.564 bits per heavy atom. The highest BCUT2D eigenvalue weighted by Crippen LogP contribution is 2.12. The van der Waals surface area contributed by atoms with Crippen LogP contribution in [0.25, 0.3) is 0 Å². The molecule has 0 bridgehead atoms. The molecule has 0 saturated carbocycles. The highest BCUT2D eigenvalue weighted by Gasteiger charge is 1.95. The van der Waals surface area contributed by atoms with E-state index in [-0.39, 0.29) is 0 Å². The Balaban J connectivity index is -0.000000566. The van der Waals surface area contributed by atoms with Gasteiger partial charge in [-0.25, -0.2) is 0 Å². The van der Waals surface area contributed by atoms with E-state index in [4.69, 9.17) is 17.5 Å². The van der Waals surface area contributed by atoms with E-state index >= 15 is 0 Å². The molecule has 0 aromatic rings. The maximum atomic E-state index is 8.52. The molecule has 0 heterocycles. The first-order valence-electron chi connectivity index (χ1n) is 17.1. The van der Waals surface area contributed by atoms with Gasteiger partial charge < -0.3 is 19.7 Å².